The molecule has 186 valence electrons. The summed E-state index contributed by atoms with van der Waals surface area (Å²) in [5.41, 5.74) is 5.02. The van der Waals surface area contributed by atoms with Gasteiger partial charge in [0.15, 0.2) is 0 Å². The fourth-order valence-electron chi connectivity index (χ4n) is 7.16. The predicted octanol–water partition coefficient (Wildman–Crippen LogP) is 6.78. The van der Waals surface area contributed by atoms with Crippen LogP contribution in [0.5, 0.6) is 0 Å². The molecule has 2 aromatic rings. The van der Waals surface area contributed by atoms with Crippen molar-refractivity contribution in [1.82, 2.24) is 15.1 Å². The van der Waals surface area contributed by atoms with E-state index >= 15 is 0 Å². The van der Waals surface area contributed by atoms with E-state index in [0.717, 1.165) is 61.9 Å². The highest BCUT2D eigenvalue weighted by molar-refractivity contribution is 5.63. The second kappa shape index (κ2) is 8.32. The standard InChI is InChI=1S/C28H31F4N3/c1-27-15-17-16-33-35(21-9-7-19(29)8-10-21)25(17)14-18(27)6-11-22-23(27)12-13-24(28(30,31)32)26(22)34-20-4-2-3-5-20/h7-10,12,14,16,20,22,24,26,34H,2-6,11,13,15H2,1H3/t22-,24+,26+,27-/m0/s1. The van der Waals surface area contributed by atoms with Crippen LogP contribution in [0.2, 0.25) is 0 Å². The summed E-state index contributed by atoms with van der Waals surface area (Å²) in [6.07, 6.45) is 8.17. The van der Waals surface area contributed by atoms with Crippen molar-refractivity contribution in [1.29, 1.82) is 0 Å². The Bertz CT molecular complexity index is 1170. The molecular weight excluding hydrogens is 454 g/mol. The van der Waals surface area contributed by atoms with E-state index in [4.69, 9.17) is 0 Å². The van der Waals surface area contributed by atoms with E-state index in [-0.39, 0.29) is 29.6 Å². The lowest BCUT2D eigenvalue weighted by Gasteiger charge is -2.52. The molecule has 35 heavy (non-hydrogen) atoms. The van der Waals surface area contributed by atoms with E-state index in [2.05, 4.69) is 23.4 Å². The van der Waals surface area contributed by atoms with Gasteiger partial charge in [-0.3, -0.25) is 0 Å². The Kier molecular flexibility index (Phi) is 5.47. The maximum absolute atomic E-state index is 14.1. The van der Waals surface area contributed by atoms with E-state index in [0.29, 0.717) is 0 Å². The van der Waals surface area contributed by atoms with Gasteiger partial charge in [-0.1, -0.05) is 37.0 Å². The first-order valence-corrected chi connectivity index (χ1v) is 12.8. The van der Waals surface area contributed by atoms with Crippen molar-refractivity contribution in [3.8, 4) is 5.69 Å². The van der Waals surface area contributed by atoms with Crippen molar-refractivity contribution < 1.29 is 17.6 Å². The average Bonchev–Trinajstić information content (AvgIpc) is 3.47. The number of hydrogen-bond acceptors (Lipinski definition) is 2. The Morgan fingerprint density at radius 1 is 1.09 bits per heavy atom. The molecule has 0 saturated heterocycles. The van der Waals surface area contributed by atoms with Crippen molar-refractivity contribution in [3.05, 3.63) is 64.8 Å². The van der Waals surface area contributed by atoms with Crippen LogP contribution < -0.4 is 5.32 Å². The molecule has 0 unspecified atom stereocenters. The Hall–Kier alpha value is -2.41. The summed E-state index contributed by atoms with van der Waals surface area (Å²) >= 11 is 0. The smallest absolute Gasteiger partial charge is 0.310 e. The fourth-order valence-corrected chi connectivity index (χ4v) is 7.16. The molecular formula is C28H31F4N3. The first kappa shape index (κ1) is 23.0. The molecule has 0 bridgehead atoms. The van der Waals surface area contributed by atoms with Gasteiger partial charge < -0.3 is 5.32 Å². The number of halogens is 4. The molecule has 3 nitrogen and oxygen atoms in total. The van der Waals surface area contributed by atoms with Crippen LogP contribution in [0, 0.1) is 23.1 Å². The van der Waals surface area contributed by atoms with Gasteiger partial charge >= 0.3 is 6.18 Å². The summed E-state index contributed by atoms with van der Waals surface area (Å²) in [5.74, 6) is -1.72. The van der Waals surface area contributed by atoms with Crippen LogP contribution in [0.1, 0.15) is 63.1 Å². The number of fused-ring (bicyclic) bond motifs is 4. The van der Waals surface area contributed by atoms with Gasteiger partial charge in [-0.05, 0) is 80.3 Å². The minimum atomic E-state index is -4.20. The second-order valence-electron chi connectivity index (χ2n) is 11.0. The highest BCUT2D eigenvalue weighted by atomic mass is 19.4. The number of rotatable bonds is 3. The van der Waals surface area contributed by atoms with Crippen LogP contribution in [0.15, 0.2) is 47.7 Å². The maximum Gasteiger partial charge on any atom is 0.393 e. The lowest BCUT2D eigenvalue weighted by atomic mass is 9.55. The molecule has 1 aromatic heterocycles. The zero-order chi connectivity index (χ0) is 24.4. The molecule has 4 aliphatic rings. The molecule has 6 rings (SSSR count). The Balaban J connectivity index is 1.35. The van der Waals surface area contributed by atoms with Crippen LogP contribution in [0.25, 0.3) is 11.8 Å². The van der Waals surface area contributed by atoms with E-state index in [9.17, 15) is 17.6 Å². The van der Waals surface area contributed by atoms with E-state index in [1.54, 1.807) is 12.1 Å². The molecule has 2 saturated carbocycles. The summed E-state index contributed by atoms with van der Waals surface area (Å²) in [6, 6.07) is 5.92. The summed E-state index contributed by atoms with van der Waals surface area (Å²) in [4.78, 5) is 0. The monoisotopic (exact) mass is 485 g/mol. The summed E-state index contributed by atoms with van der Waals surface area (Å²) in [5, 5.41) is 8.10. The van der Waals surface area contributed by atoms with Gasteiger partial charge in [0.25, 0.3) is 0 Å². The molecule has 0 radical (unpaired) electrons. The molecule has 1 N–H and O–H groups in total. The summed E-state index contributed by atoms with van der Waals surface area (Å²) < 4.78 is 57.6. The van der Waals surface area contributed by atoms with Gasteiger partial charge in [0, 0.05) is 17.5 Å². The number of benzene rings is 1. The first-order chi connectivity index (χ1) is 16.7. The molecule has 4 atom stereocenters. The van der Waals surface area contributed by atoms with Gasteiger partial charge in [-0.25, -0.2) is 9.07 Å². The third kappa shape index (κ3) is 3.87. The third-order valence-electron chi connectivity index (χ3n) is 8.94. The third-order valence-corrected chi connectivity index (χ3v) is 8.94. The van der Waals surface area contributed by atoms with Crippen LogP contribution in [-0.2, 0) is 6.42 Å². The Morgan fingerprint density at radius 3 is 2.54 bits per heavy atom. The fraction of sp³-hybridized carbons (Fsp3) is 0.536. The average molecular weight is 486 g/mol. The molecule has 4 aliphatic carbocycles. The van der Waals surface area contributed by atoms with Crippen LogP contribution in [-0.4, -0.2) is 28.0 Å². The lowest BCUT2D eigenvalue weighted by molar-refractivity contribution is -0.187. The number of hydrogen-bond donors (Lipinski definition) is 1. The van der Waals surface area contributed by atoms with Gasteiger partial charge in [-0.15, -0.1) is 0 Å². The van der Waals surface area contributed by atoms with Gasteiger partial charge in [0.2, 0.25) is 0 Å². The highest BCUT2D eigenvalue weighted by Crippen LogP contribution is 2.57. The minimum absolute atomic E-state index is 0.0459. The predicted molar refractivity (Wildman–Crippen MR) is 127 cm³/mol. The second-order valence-corrected chi connectivity index (χ2v) is 11.0. The SMILES string of the molecule is C[C@]12Cc3cnn(-c4ccc(F)cc4)c3C=C1CC[C@H]1C2=CC[C@@H](C(F)(F)F)[C@@H]1NC1CCCC1. The first-order valence-electron chi connectivity index (χ1n) is 12.8. The number of nitrogens with zero attached hydrogens (tertiary/aromatic N) is 2. The van der Waals surface area contributed by atoms with E-state index in [1.807, 2.05) is 17.0 Å². The van der Waals surface area contributed by atoms with Crippen LogP contribution in [0.3, 0.4) is 0 Å². The summed E-state index contributed by atoms with van der Waals surface area (Å²) in [6.45, 7) is 2.20. The normalized spacial score (nSPS) is 30.8. The number of alkyl halides is 3. The Morgan fingerprint density at radius 2 is 1.83 bits per heavy atom. The molecule has 2 fully saturated rings. The zero-order valence-electron chi connectivity index (χ0n) is 19.9. The van der Waals surface area contributed by atoms with Crippen molar-refractivity contribution in [2.24, 2.45) is 17.3 Å². The van der Waals surface area contributed by atoms with Gasteiger partial charge in [0.1, 0.15) is 5.82 Å². The van der Waals surface area contributed by atoms with Crippen molar-refractivity contribution in [3.63, 3.8) is 0 Å². The van der Waals surface area contributed by atoms with Crippen molar-refractivity contribution in [2.75, 3.05) is 0 Å². The lowest BCUT2D eigenvalue weighted by Crippen LogP contribution is -2.55. The molecule has 1 aromatic carbocycles. The quantitative estimate of drug-likeness (QED) is 0.384. The molecule has 1 heterocycles. The molecule has 0 aliphatic heterocycles. The summed E-state index contributed by atoms with van der Waals surface area (Å²) in [7, 11) is 0. The van der Waals surface area contributed by atoms with Crippen molar-refractivity contribution >= 4 is 6.08 Å². The van der Waals surface area contributed by atoms with Crippen LogP contribution in [0.4, 0.5) is 17.6 Å². The maximum atomic E-state index is 14.1. The highest BCUT2D eigenvalue weighted by Gasteiger charge is 2.54. The molecule has 7 heteroatoms. The number of nitrogens with one attached hydrogen (secondary N) is 1. The number of allylic oxidation sites excluding steroid dienone is 2. The molecule has 0 amide bonds. The number of aromatic nitrogens is 2. The minimum Gasteiger partial charge on any atom is -0.310 e. The van der Waals surface area contributed by atoms with E-state index in [1.165, 1.54) is 23.3 Å². The Labute approximate surface area is 203 Å². The van der Waals surface area contributed by atoms with Gasteiger partial charge in [-0.2, -0.15) is 18.3 Å². The largest absolute Gasteiger partial charge is 0.393 e. The molecule has 0 spiro atoms. The van der Waals surface area contributed by atoms with Gasteiger partial charge in [0.05, 0.1) is 23.5 Å². The van der Waals surface area contributed by atoms with Crippen LogP contribution >= 0.6 is 0 Å². The van der Waals surface area contributed by atoms with Crippen molar-refractivity contribution in [2.45, 2.75) is 76.6 Å². The zero-order valence-corrected chi connectivity index (χ0v) is 19.9. The topological polar surface area (TPSA) is 29.9 Å². The van der Waals surface area contributed by atoms with E-state index < -0.39 is 18.1 Å².